The maximum Gasteiger partial charge on any atom is 0.419 e. The van der Waals surface area contributed by atoms with Gasteiger partial charge in [0.25, 0.3) is 0 Å². The molecule has 5 aromatic rings. The highest BCUT2D eigenvalue weighted by Gasteiger charge is 2.52. The van der Waals surface area contributed by atoms with Gasteiger partial charge in [0.1, 0.15) is 12.4 Å². The number of hydrogen-bond acceptors (Lipinski definition) is 3. The summed E-state index contributed by atoms with van der Waals surface area (Å²) in [6.45, 7) is 0.203. The van der Waals surface area contributed by atoms with Crippen LogP contribution in [0.25, 0.3) is 11.1 Å². The third-order valence-corrected chi connectivity index (χ3v) is 7.74. The summed E-state index contributed by atoms with van der Waals surface area (Å²) in [5, 5.41) is 0. The fraction of sp³-hybridized carbons (Fsp3) is 0.0882. The summed E-state index contributed by atoms with van der Waals surface area (Å²) in [6, 6.07) is 41.0. The van der Waals surface area contributed by atoms with E-state index in [4.69, 9.17) is 9.47 Å². The lowest BCUT2D eigenvalue weighted by Gasteiger charge is -2.43. The molecule has 7 rings (SSSR count). The number of anilines is 2. The van der Waals surface area contributed by atoms with Gasteiger partial charge in [-0.3, -0.25) is 0 Å². The van der Waals surface area contributed by atoms with Crippen LogP contribution in [0.15, 0.2) is 121 Å². The Balaban J connectivity index is 1.48. The van der Waals surface area contributed by atoms with Gasteiger partial charge in [0.15, 0.2) is 0 Å². The maximum absolute atomic E-state index is 13.8. The van der Waals surface area contributed by atoms with Crippen LogP contribution in [0.2, 0.25) is 0 Å². The average molecular weight is 496 g/mol. The number of fused-ring (bicyclic) bond motifs is 9. The van der Waals surface area contributed by atoms with Crippen molar-refractivity contribution in [3.63, 3.8) is 0 Å². The molecule has 1 heterocycles. The predicted molar refractivity (Wildman–Crippen MR) is 149 cm³/mol. The highest BCUT2D eigenvalue weighted by Crippen LogP contribution is 2.62. The molecule has 1 aliphatic heterocycles. The van der Waals surface area contributed by atoms with Gasteiger partial charge in [-0.2, -0.15) is 0 Å². The van der Waals surface area contributed by atoms with Crippen molar-refractivity contribution in [2.75, 3.05) is 12.0 Å². The maximum atomic E-state index is 13.8. The Hall–Kier alpha value is -4.83. The number of para-hydroxylation sites is 2. The number of benzene rings is 5. The number of nitrogens with zero attached hydrogens (tertiary/aromatic N) is 1. The molecule has 0 unspecified atom stereocenters. The topological polar surface area (TPSA) is 38.8 Å². The van der Waals surface area contributed by atoms with Crippen LogP contribution in [0, 0.1) is 0 Å². The van der Waals surface area contributed by atoms with E-state index >= 15 is 0 Å². The molecule has 1 amide bonds. The Morgan fingerprint density at radius 3 is 1.92 bits per heavy atom. The van der Waals surface area contributed by atoms with Crippen LogP contribution >= 0.6 is 0 Å². The molecular weight excluding hydrogens is 470 g/mol. The first kappa shape index (κ1) is 22.4. The Morgan fingerprint density at radius 2 is 1.24 bits per heavy atom. The van der Waals surface area contributed by atoms with Crippen LogP contribution < -0.4 is 9.64 Å². The van der Waals surface area contributed by atoms with Gasteiger partial charge >= 0.3 is 6.09 Å². The van der Waals surface area contributed by atoms with E-state index in [1.807, 2.05) is 72.8 Å². The van der Waals surface area contributed by atoms with Gasteiger partial charge in [0.05, 0.1) is 23.9 Å². The first-order chi connectivity index (χ1) is 18.7. The molecular formula is C34H25NO3. The van der Waals surface area contributed by atoms with Crippen LogP contribution in [0.5, 0.6) is 5.75 Å². The van der Waals surface area contributed by atoms with E-state index in [0.29, 0.717) is 0 Å². The molecule has 184 valence electrons. The van der Waals surface area contributed by atoms with Crippen molar-refractivity contribution in [1.82, 2.24) is 0 Å². The third-order valence-electron chi connectivity index (χ3n) is 7.74. The SMILES string of the molecule is COc1ccc2c(c1)C1(c3ccccc3-2)c2ccccc2N(C(=O)OCc2ccccc2)c2ccccc21. The van der Waals surface area contributed by atoms with Crippen molar-refractivity contribution in [3.05, 3.63) is 149 Å². The van der Waals surface area contributed by atoms with Crippen LogP contribution in [-0.4, -0.2) is 13.2 Å². The molecule has 4 nitrogen and oxygen atoms in total. The summed E-state index contributed by atoms with van der Waals surface area (Å²) in [5.41, 5.74) is 8.75. The standard InChI is InChI=1S/C34H25NO3/c1-37-24-19-20-26-25-13-5-6-14-27(25)34(30(26)21-24)28-15-7-9-17-31(28)35(32-18-10-8-16-29(32)34)33(36)38-22-23-11-3-2-4-12-23/h2-21H,22H2,1H3. The van der Waals surface area contributed by atoms with Crippen molar-refractivity contribution in [1.29, 1.82) is 0 Å². The van der Waals surface area contributed by atoms with Gasteiger partial charge in [-0.1, -0.05) is 97.1 Å². The molecule has 0 saturated carbocycles. The summed E-state index contributed by atoms with van der Waals surface area (Å²) in [4.78, 5) is 15.5. The zero-order chi connectivity index (χ0) is 25.7. The molecule has 0 bridgehead atoms. The number of hydrogen-bond donors (Lipinski definition) is 0. The smallest absolute Gasteiger partial charge is 0.419 e. The van der Waals surface area contributed by atoms with Gasteiger partial charge in [-0.25, -0.2) is 9.69 Å². The summed E-state index contributed by atoms with van der Waals surface area (Å²) < 4.78 is 11.6. The molecule has 1 aliphatic carbocycles. The van der Waals surface area contributed by atoms with E-state index in [2.05, 4.69) is 48.5 Å². The fourth-order valence-corrected chi connectivity index (χ4v) is 6.19. The summed E-state index contributed by atoms with van der Waals surface area (Å²) >= 11 is 0. The minimum atomic E-state index is -0.607. The molecule has 0 aromatic heterocycles. The van der Waals surface area contributed by atoms with E-state index in [9.17, 15) is 4.79 Å². The zero-order valence-electron chi connectivity index (χ0n) is 20.9. The molecule has 4 heteroatoms. The Morgan fingerprint density at radius 1 is 0.658 bits per heavy atom. The van der Waals surface area contributed by atoms with Crippen LogP contribution in [0.4, 0.5) is 16.2 Å². The second kappa shape index (κ2) is 8.63. The quantitative estimate of drug-likeness (QED) is 0.251. The molecule has 0 atom stereocenters. The van der Waals surface area contributed by atoms with Gasteiger partial charge in [-0.05, 0) is 63.2 Å². The second-order valence-corrected chi connectivity index (χ2v) is 9.62. The minimum Gasteiger partial charge on any atom is -0.497 e. The Bertz CT molecular complexity index is 1640. The normalized spacial score (nSPS) is 13.8. The molecule has 0 radical (unpaired) electrons. The van der Waals surface area contributed by atoms with Crippen LogP contribution in [0.3, 0.4) is 0 Å². The lowest BCUT2D eigenvalue weighted by molar-refractivity contribution is 0.149. The fourth-order valence-electron chi connectivity index (χ4n) is 6.19. The first-order valence-corrected chi connectivity index (χ1v) is 12.7. The van der Waals surface area contributed by atoms with E-state index in [1.165, 1.54) is 16.7 Å². The molecule has 0 saturated heterocycles. The third kappa shape index (κ3) is 3.07. The van der Waals surface area contributed by atoms with Crippen molar-refractivity contribution in [2.24, 2.45) is 0 Å². The van der Waals surface area contributed by atoms with Gasteiger partial charge < -0.3 is 9.47 Å². The van der Waals surface area contributed by atoms with Crippen molar-refractivity contribution >= 4 is 17.5 Å². The number of ether oxygens (including phenoxy) is 2. The molecule has 0 N–H and O–H groups in total. The highest BCUT2D eigenvalue weighted by molar-refractivity contribution is 6.03. The lowest BCUT2D eigenvalue weighted by Crippen LogP contribution is -2.40. The molecule has 1 spiro atoms. The lowest BCUT2D eigenvalue weighted by atomic mass is 9.65. The molecule has 5 aromatic carbocycles. The van der Waals surface area contributed by atoms with Gasteiger partial charge in [-0.15, -0.1) is 0 Å². The van der Waals surface area contributed by atoms with Crippen molar-refractivity contribution in [2.45, 2.75) is 12.0 Å². The number of methoxy groups -OCH3 is 1. The van der Waals surface area contributed by atoms with E-state index in [0.717, 1.165) is 39.4 Å². The molecule has 2 aliphatic rings. The number of rotatable bonds is 3. The largest absolute Gasteiger partial charge is 0.497 e. The summed E-state index contributed by atoms with van der Waals surface area (Å²) in [7, 11) is 1.70. The van der Waals surface area contributed by atoms with Crippen molar-refractivity contribution < 1.29 is 14.3 Å². The van der Waals surface area contributed by atoms with Crippen molar-refractivity contribution in [3.8, 4) is 16.9 Å². The van der Waals surface area contributed by atoms with Gasteiger partial charge in [0.2, 0.25) is 0 Å². The highest BCUT2D eigenvalue weighted by atomic mass is 16.6. The molecule has 0 fully saturated rings. The minimum absolute atomic E-state index is 0.203. The Labute approximate surface area is 221 Å². The first-order valence-electron chi connectivity index (χ1n) is 12.7. The van der Waals surface area contributed by atoms with Crippen LogP contribution in [-0.2, 0) is 16.8 Å². The van der Waals surface area contributed by atoms with Crippen LogP contribution in [0.1, 0.15) is 27.8 Å². The summed E-state index contributed by atoms with van der Waals surface area (Å²) in [6.07, 6.45) is -0.402. The van der Waals surface area contributed by atoms with E-state index in [-0.39, 0.29) is 6.61 Å². The van der Waals surface area contributed by atoms with E-state index in [1.54, 1.807) is 12.0 Å². The Kier molecular flexibility index (Phi) is 5.08. The number of carbonyl (C=O) groups excluding carboxylic acids is 1. The molecule has 38 heavy (non-hydrogen) atoms. The number of amides is 1. The number of carbonyl (C=O) groups is 1. The summed E-state index contributed by atoms with van der Waals surface area (Å²) in [5.74, 6) is 0.801. The average Bonchev–Trinajstić information content (AvgIpc) is 3.27. The van der Waals surface area contributed by atoms with E-state index < -0.39 is 11.5 Å². The van der Waals surface area contributed by atoms with Gasteiger partial charge in [0, 0.05) is 0 Å². The predicted octanol–water partition coefficient (Wildman–Crippen LogP) is 7.85. The monoisotopic (exact) mass is 495 g/mol. The second-order valence-electron chi connectivity index (χ2n) is 9.62. The zero-order valence-corrected chi connectivity index (χ0v) is 20.9.